The van der Waals surface area contributed by atoms with E-state index in [2.05, 4.69) is 22.8 Å². The molecule has 0 radical (unpaired) electrons. The molecule has 4 heteroatoms. The van der Waals surface area contributed by atoms with Crippen LogP contribution >= 0.6 is 11.3 Å². The number of anilines is 1. The van der Waals surface area contributed by atoms with E-state index in [4.69, 9.17) is 9.47 Å². The van der Waals surface area contributed by atoms with Crippen LogP contribution in [0, 0.1) is 0 Å². The van der Waals surface area contributed by atoms with Crippen molar-refractivity contribution >= 4 is 17.0 Å². The van der Waals surface area contributed by atoms with Crippen molar-refractivity contribution in [3.63, 3.8) is 0 Å². The third-order valence-electron chi connectivity index (χ3n) is 2.55. The van der Waals surface area contributed by atoms with Gasteiger partial charge in [0.2, 0.25) is 6.79 Å². The molecule has 3 rings (SSSR count). The minimum absolute atomic E-state index is 0.324. The van der Waals surface area contributed by atoms with Gasteiger partial charge in [-0.3, -0.25) is 0 Å². The van der Waals surface area contributed by atoms with Crippen molar-refractivity contribution < 1.29 is 9.47 Å². The van der Waals surface area contributed by atoms with Gasteiger partial charge in [-0.25, -0.2) is 0 Å². The first-order chi connectivity index (χ1) is 7.86. The van der Waals surface area contributed by atoms with E-state index in [9.17, 15) is 0 Å². The highest BCUT2D eigenvalue weighted by molar-refractivity contribution is 7.14. The zero-order valence-corrected chi connectivity index (χ0v) is 9.64. The third kappa shape index (κ3) is 1.51. The van der Waals surface area contributed by atoms with Gasteiger partial charge in [0.1, 0.15) is 0 Å². The molecular formula is C12H11NO2S. The third-order valence-corrected chi connectivity index (χ3v) is 3.52. The Hall–Kier alpha value is -1.68. The Morgan fingerprint density at radius 2 is 2.06 bits per heavy atom. The van der Waals surface area contributed by atoms with Crippen LogP contribution in [0.2, 0.25) is 0 Å². The van der Waals surface area contributed by atoms with Crippen molar-refractivity contribution in [1.29, 1.82) is 0 Å². The van der Waals surface area contributed by atoms with Gasteiger partial charge in [0.15, 0.2) is 11.5 Å². The van der Waals surface area contributed by atoms with Crippen LogP contribution in [0.5, 0.6) is 11.5 Å². The molecule has 1 aliphatic rings. The van der Waals surface area contributed by atoms with Gasteiger partial charge in [-0.2, -0.15) is 0 Å². The maximum atomic E-state index is 5.36. The van der Waals surface area contributed by atoms with Crippen LogP contribution in [-0.4, -0.2) is 13.8 Å². The second-order valence-electron chi connectivity index (χ2n) is 3.52. The van der Waals surface area contributed by atoms with Gasteiger partial charge in [0, 0.05) is 23.0 Å². The number of fused-ring (bicyclic) bond motifs is 1. The van der Waals surface area contributed by atoms with Crippen molar-refractivity contribution in [2.24, 2.45) is 0 Å². The van der Waals surface area contributed by atoms with Crippen LogP contribution in [0.1, 0.15) is 0 Å². The molecule has 1 N–H and O–H groups in total. The molecular weight excluding hydrogens is 222 g/mol. The number of rotatable bonds is 2. The van der Waals surface area contributed by atoms with Crippen LogP contribution in [0.3, 0.4) is 0 Å². The van der Waals surface area contributed by atoms with E-state index in [0.717, 1.165) is 22.7 Å². The van der Waals surface area contributed by atoms with Crippen molar-refractivity contribution in [3.8, 4) is 21.9 Å². The first-order valence-corrected chi connectivity index (χ1v) is 5.91. The average molecular weight is 233 g/mol. The molecule has 2 aromatic rings. The molecule has 0 bridgehead atoms. The van der Waals surface area contributed by atoms with Gasteiger partial charge in [-0.05, 0) is 29.8 Å². The summed E-state index contributed by atoms with van der Waals surface area (Å²) in [5.41, 5.74) is 2.30. The molecule has 0 unspecified atom stereocenters. The fraction of sp³-hybridized carbons (Fsp3) is 0.167. The summed E-state index contributed by atoms with van der Waals surface area (Å²) in [5.74, 6) is 1.66. The predicted molar refractivity (Wildman–Crippen MR) is 65.4 cm³/mol. The number of hydrogen-bond acceptors (Lipinski definition) is 4. The van der Waals surface area contributed by atoms with E-state index in [0.29, 0.717) is 6.79 Å². The molecule has 0 fully saturated rings. The van der Waals surface area contributed by atoms with Gasteiger partial charge < -0.3 is 14.8 Å². The molecule has 1 aromatic carbocycles. The highest BCUT2D eigenvalue weighted by Crippen LogP contribution is 2.38. The summed E-state index contributed by atoms with van der Waals surface area (Å²) < 4.78 is 10.6. The van der Waals surface area contributed by atoms with Gasteiger partial charge in [-0.1, -0.05) is 0 Å². The van der Waals surface area contributed by atoms with Crippen molar-refractivity contribution in [2.75, 3.05) is 19.2 Å². The number of thiophene rings is 1. The van der Waals surface area contributed by atoms with Crippen LogP contribution in [0.15, 0.2) is 29.6 Å². The largest absolute Gasteiger partial charge is 0.454 e. The lowest BCUT2D eigenvalue weighted by molar-refractivity contribution is 0.174. The van der Waals surface area contributed by atoms with Crippen LogP contribution in [0.25, 0.3) is 10.4 Å². The molecule has 2 heterocycles. The summed E-state index contributed by atoms with van der Waals surface area (Å²) in [6.45, 7) is 0.324. The first-order valence-electron chi connectivity index (χ1n) is 5.03. The quantitative estimate of drug-likeness (QED) is 0.864. The normalized spacial score (nSPS) is 12.8. The molecule has 0 spiro atoms. The SMILES string of the molecule is CNc1csc(-c2ccc3c(c2)OCO3)c1. The highest BCUT2D eigenvalue weighted by Gasteiger charge is 2.14. The standard InChI is InChI=1S/C12H11NO2S/c1-13-9-5-12(16-6-9)8-2-3-10-11(4-8)15-7-14-10/h2-6,13H,7H2,1H3. The molecule has 1 aromatic heterocycles. The summed E-state index contributed by atoms with van der Waals surface area (Å²) in [4.78, 5) is 1.22. The molecule has 0 saturated heterocycles. The fourth-order valence-corrected chi connectivity index (χ4v) is 2.57. The van der Waals surface area contributed by atoms with E-state index < -0.39 is 0 Å². The topological polar surface area (TPSA) is 30.5 Å². The maximum Gasteiger partial charge on any atom is 0.231 e. The lowest BCUT2D eigenvalue weighted by Crippen LogP contribution is -1.92. The predicted octanol–water partition coefficient (Wildman–Crippen LogP) is 3.19. The van der Waals surface area contributed by atoms with E-state index in [1.54, 1.807) is 11.3 Å². The average Bonchev–Trinajstić information content (AvgIpc) is 2.96. The molecule has 0 atom stereocenters. The molecule has 16 heavy (non-hydrogen) atoms. The van der Waals surface area contributed by atoms with Crippen molar-refractivity contribution in [1.82, 2.24) is 0 Å². The lowest BCUT2D eigenvalue weighted by atomic mass is 10.1. The smallest absolute Gasteiger partial charge is 0.231 e. The summed E-state index contributed by atoms with van der Waals surface area (Å²) in [6.07, 6.45) is 0. The van der Waals surface area contributed by atoms with Crippen LogP contribution < -0.4 is 14.8 Å². The summed E-state index contributed by atoms with van der Waals surface area (Å²) in [5, 5.41) is 5.22. The van der Waals surface area contributed by atoms with Gasteiger partial charge in [0.05, 0.1) is 0 Å². The number of nitrogens with one attached hydrogen (secondary N) is 1. The zero-order valence-electron chi connectivity index (χ0n) is 8.82. The Kier molecular flexibility index (Phi) is 2.22. The van der Waals surface area contributed by atoms with Gasteiger partial charge in [0.25, 0.3) is 0 Å². The minimum Gasteiger partial charge on any atom is -0.454 e. The molecule has 1 aliphatic heterocycles. The van der Waals surface area contributed by atoms with Gasteiger partial charge >= 0.3 is 0 Å². The Morgan fingerprint density at radius 3 is 2.88 bits per heavy atom. The first kappa shape index (κ1) is 9.54. The van der Waals surface area contributed by atoms with E-state index in [1.807, 2.05) is 19.2 Å². The summed E-state index contributed by atoms with van der Waals surface area (Å²) in [6, 6.07) is 8.16. The molecule has 82 valence electrons. The van der Waals surface area contributed by atoms with E-state index >= 15 is 0 Å². The van der Waals surface area contributed by atoms with Crippen LogP contribution in [-0.2, 0) is 0 Å². The highest BCUT2D eigenvalue weighted by atomic mass is 32.1. The number of benzene rings is 1. The molecule has 0 amide bonds. The lowest BCUT2D eigenvalue weighted by Gasteiger charge is -1.99. The minimum atomic E-state index is 0.324. The Morgan fingerprint density at radius 1 is 1.19 bits per heavy atom. The Balaban J connectivity index is 2.00. The monoisotopic (exact) mass is 233 g/mol. The number of hydrogen-bond donors (Lipinski definition) is 1. The summed E-state index contributed by atoms with van der Waals surface area (Å²) in [7, 11) is 1.92. The van der Waals surface area contributed by atoms with Crippen molar-refractivity contribution in [3.05, 3.63) is 29.6 Å². The molecule has 3 nitrogen and oxygen atoms in total. The molecule has 0 saturated carbocycles. The number of ether oxygens (including phenoxy) is 2. The van der Waals surface area contributed by atoms with E-state index in [1.165, 1.54) is 4.88 Å². The molecule has 0 aliphatic carbocycles. The second kappa shape index (κ2) is 3.72. The van der Waals surface area contributed by atoms with Crippen LogP contribution in [0.4, 0.5) is 5.69 Å². The van der Waals surface area contributed by atoms with Crippen molar-refractivity contribution in [2.45, 2.75) is 0 Å². The second-order valence-corrected chi connectivity index (χ2v) is 4.43. The Bertz CT molecular complexity index is 521. The Labute approximate surface area is 97.6 Å². The summed E-state index contributed by atoms with van der Waals surface area (Å²) >= 11 is 1.71. The fourth-order valence-electron chi connectivity index (χ4n) is 1.67. The van der Waals surface area contributed by atoms with E-state index in [-0.39, 0.29) is 0 Å². The zero-order chi connectivity index (χ0) is 11.0. The van der Waals surface area contributed by atoms with Gasteiger partial charge in [-0.15, -0.1) is 11.3 Å². The maximum absolute atomic E-state index is 5.36.